The molecule has 0 spiro atoms. The minimum Gasteiger partial charge on any atom is -0.338 e. The molecule has 2 rings (SSSR count). The molecule has 1 atom stereocenters. The van der Waals surface area contributed by atoms with Crippen LogP contribution in [0.1, 0.15) is 47.0 Å². The molecular weight excluding hydrogens is 270 g/mol. The first-order valence-electron chi connectivity index (χ1n) is 8.69. The van der Waals surface area contributed by atoms with Crippen LogP contribution in [0.25, 0.3) is 0 Å². The van der Waals surface area contributed by atoms with Crippen molar-refractivity contribution < 1.29 is 0 Å². The maximum Gasteiger partial charge on any atom is 0.198 e. The molecule has 1 N–H and O–H groups in total. The Hall–Kier alpha value is -1.51. The number of anilines is 1. The van der Waals surface area contributed by atoms with Gasteiger partial charge in [-0.25, -0.2) is 0 Å². The first kappa shape index (κ1) is 16.9. The fourth-order valence-corrected chi connectivity index (χ4v) is 3.02. The summed E-state index contributed by atoms with van der Waals surface area (Å²) in [5.41, 5.74) is 1.13. The molecule has 3 nitrogen and oxygen atoms in total. The van der Waals surface area contributed by atoms with Gasteiger partial charge in [-0.1, -0.05) is 45.9 Å². The van der Waals surface area contributed by atoms with Crippen molar-refractivity contribution in [1.29, 1.82) is 0 Å². The van der Waals surface area contributed by atoms with Gasteiger partial charge in [0.25, 0.3) is 0 Å². The molecule has 0 unspecified atom stereocenters. The van der Waals surface area contributed by atoms with Gasteiger partial charge in [0.2, 0.25) is 0 Å². The lowest BCUT2D eigenvalue weighted by Crippen LogP contribution is -2.41. The number of nitrogens with one attached hydrogen (secondary N) is 1. The molecule has 22 heavy (non-hydrogen) atoms. The predicted molar refractivity (Wildman–Crippen MR) is 96.4 cm³/mol. The van der Waals surface area contributed by atoms with Crippen molar-refractivity contribution in [2.45, 2.75) is 53.0 Å². The molecule has 1 aromatic carbocycles. The molecular formula is C19H31N3. The highest BCUT2D eigenvalue weighted by atomic mass is 15.4. The van der Waals surface area contributed by atoms with Crippen molar-refractivity contribution in [3.8, 4) is 0 Å². The number of aliphatic imine (C=N–C) groups is 1. The summed E-state index contributed by atoms with van der Waals surface area (Å²) in [6.07, 6.45) is 3.73. The summed E-state index contributed by atoms with van der Waals surface area (Å²) in [4.78, 5) is 7.27. The van der Waals surface area contributed by atoms with E-state index < -0.39 is 0 Å². The van der Waals surface area contributed by atoms with E-state index in [1.807, 2.05) is 6.07 Å². The number of guanidine groups is 1. The van der Waals surface area contributed by atoms with Crippen LogP contribution >= 0.6 is 0 Å². The zero-order chi connectivity index (χ0) is 15.9. The summed E-state index contributed by atoms with van der Waals surface area (Å²) < 4.78 is 0. The van der Waals surface area contributed by atoms with Crippen LogP contribution in [0.5, 0.6) is 0 Å². The molecule has 1 aliphatic rings. The van der Waals surface area contributed by atoms with Crippen molar-refractivity contribution in [3.05, 3.63) is 30.3 Å². The molecule has 0 amide bonds. The van der Waals surface area contributed by atoms with Crippen LogP contribution in [0, 0.1) is 11.8 Å². The highest BCUT2D eigenvalue weighted by Gasteiger charge is 2.27. The van der Waals surface area contributed by atoms with Gasteiger partial charge >= 0.3 is 0 Å². The SMILES string of the molecule is CC(C)CCCN1C(Nc2ccccc2)=NC[C@@H]1CC(C)C. The van der Waals surface area contributed by atoms with Crippen LogP contribution in [0.3, 0.4) is 0 Å². The second-order valence-electron chi connectivity index (χ2n) is 7.17. The molecule has 0 bridgehead atoms. The van der Waals surface area contributed by atoms with E-state index in [9.17, 15) is 0 Å². The first-order chi connectivity index (χ1) is 10.6. The maximum absolute atomic E-state index is 4.78. The van der Waals surface area contributed by atoms with E-state index in [4.69, 9.17) is 4.99 Å². The first-order valence-corrected chi connectivity index (χ1v) is 8.69. The molecule has 0 aromatic heterocycles. The number of para-hydroxylation sites is 1. The minimum absolute atomic E-state index is 0.554. The zero-order valence-electron chi connectivity index (χ0n) is 14.5. The van der Waals surface area contributed by atoms with Gasteiger partial charge in [0.05, 0.1) is 12.6 Å². The second-order valence-corrected chi connectivity index (χ2v) is 7.17. The Kier molecular flexibility index (Phi) is 6.29. The van der Waals surface area contributed by atoms with E-state index in [0.29, 0.717) is 12.0 Å². The van der Waals surface area contributed by atoms with E-state index in [1.54, 1.807) is 0 Å². The molecule has 3 heteroatoms. The fraction of sp³-hybridized carbons (Fsp3) is 0.632. The van der Waals surface area contributed by atoms with Gasteiger partial charge in [-0.15, -0.1) is 0 Å². The van der Waals surface area contributed by atoms with E-state index in [2.05, 4.69) is 62.2 Å². The third kappa shape index (κ3) is 5.04. The van der Waals surface area contributed by atoms with E-state index in [-0.39, 0.29) is 0 Å². The van der Waals surface area contributed by atoms with Crippen LogP contribution in [0.4, 0.5) is 5.69 Å². The quantitative estimate of drug-likeness (QED) is 0.795. The fourth-order valence-electron chi connectivity index (χ4n) is 3.02. The largest absolute Gasteiger partial charge is 0.338 e. The average Bonchev–Trinajstić information content (AvgIpc) is 2.81. The van der Waals surface area contributed by atoms with Gasteiger partial charge < -0.3 is 10.2 Å². The van der Waals surface area contributed by atoms with Gasteiger partial charge in [-0.3, -0.25) is 4.99 Å². The van der Waals surface area contributed by atoms with Gasteiger partial charge in [-0.2, -0.15) is 0 Å². The summed E-state index contributed by atoms with van der Waals surface area (Å²) in [5, 5.41) is 3.51. The van der Waals surface area contributed by atoms with E-state index in [0.717, 1.165) is 30.7 Å². The van der Waals surface area contributed by atoms with Crippen LogP contribution < -0.4 is 5.32 Å². The van der Waals surface area contributed by atoms with Crippen LogP contribution in [-0.4, -0.2) is 30.0 Å². The third-order valence-corrected chi connectivity index (χ3v) is 4.12. The predicted octanol–water partition coefficient (Wildman–Crippen LogP) is 4.62. The highest BCUT2D eigenvalue weighted by molar-refractivity contribution is 5.95. The number of hydrogen-bond donors (Lipinski definition) is 1. The molecule has 0 radical (unpaired) electrons. The molecule has 122 valence electrons. The van der Waals surface area contributed by atoms with Crippen molar-refractivity contribution >= 4 is 11.6 Å². The van der Waals surface area contributed by atoms with Gasteiger partial charge in [-0.05, 0) is 43.2 Å². The average molecular weight is 301 g/mol. The maximum atomic E-state index is 4.78. The van der Waals surface area contributed by atoms with Crippen LogP contribution in [0.15, 0.2) is 35.3 Å². The Morgan fingerprint density at radius 1 is 1.14 bits per heavy atom. The Morgan fingerprint density at radius 3 is 2.50 bits per heavy atom. The number of hydrogen-bond acceptors (Lipinski definition) is 3. The Labute approximate surface area is 135 Å². The van der Waals surface area contributed by atoms with Gasteiger partial charge in [0.1, 0.15) is 0 Å². The molecule has 1 heterocycles. The molecule has 0 fully saturated rings. The molecule has 0 aliphatic carbocycles. The lowest BCUT2D eigenvalue weighted by atomic mass is 10.0. The van der Waals surface area contributed by atoms with Crippen molar-refractivity contribution in [2.75, 3.05) is 18.4 Å². The zero-order valence-corrected chi connectivity index (χ0v) is 14.5. The van der Waals surface area contributed by atoms with Crippen molar-refractivity contribution in [1.82, 2.24) is 4.90 Å². The summed E-state index contributed by atoms with van der Waals surface area (Å²) in [6.45, 7) is 11.2. The normalized spacial score (nSPS) is 18.2. The molecule has 1 aromatic rings. The number of nitrogens with zero attached hydrogens (tertiary/aromatic N) is 2. The topological polar surface area (TPSA) is 27.6 Å². The van der Waals surface area contributed by atoms with Crippen molar-refractivity contribution in [3.63, 3.8) is 0 Å². The smallest absolute Gasteiger partial charge is 0.198 e. The summed E-state index contributed by atoms with van der Waals surface area (Å²) in [6, 6.07) is 10.9. The Balaban J connectivity index is 1.99. The standard InChI is InChI=1S/C19H31N3/c1-15(2)9-8-12-22-18(13-16(3)4)14-20-19(22)21-17-10-6-5-7-11-17/h5-7,10-11,15-16,18H,8-9,12-14H2,1-4H3,(H,20,21)/t18-/m0/s1. The minimum atomic E-state index is 0.554. The van der Waals surface area contributed by atoms with Crippen LogP contribution in [0.2, 0.25) is 0 Å². The van der Waals surface area contributed by atoms with Crippen molar-refractivity contribution in [2.24, 2.45) is 16.8 Å². The highest BCUT2D eigenvalue weighted by Crippen LogP contribution is 2.21. The lowest BCUT2D eigenvalue weighted by Gasteiger charge is -2.29. The van der Waals surface area contributed by atoms with E-state index >= 15 is 0 Å². The van der Waals surface area contributed by atoms with Gasteiger partial charge in [0, 0.05) is 12.2 Å². The van der Waals surface area contributed by atoms with Gasteiger partial charge in [0.15, 0.2) is 5.96 Å². The Morgan fingerprint density at radius 2 is 1.86 bits per heavy atom. The van der Waals surface area contributed by atoms with E-state index in [1.165, 1.54) is 19.3 Å². The third-order valence-electron chi connectivity index (χ3n) is 4.12. The summed E-state index contributed by atoms with van der Waals surface area (Å²) in [7, 11) is 0. The number of rotatable bonds is 7. The molecule has 0 saturated carbocycles. The number of benzene rings is 1. The lowest BCUT2D eigenvalue weighted by molar-refractivity contribution is 0.288. The Bertz CT molecular complexity index is 465. The molecule has 1 aliphatic heterocycles. The second kappa shape index (κ2) is 8.21. The summed E-state index contributed by atoms with van der Waals surface area (Å²) >= 11 is 0. The molecule has 0 saturated heterocycles. The van der Waals surface area contributed by atoms with Crippen LogP contribution in [-0.2, 0) is 0 Å². The summed E-state index contributed by atoms with van der Waals surface area (Å²) in [5.74, 6) is 2.54. The monoisotopic (exact) mass is 301 g/mol.